The highest BCUT2D eigenvalue weighted by Gasteiger charge is 2.26. The normalized spacial score (nSPS) is 13.8. The van der Waals surface area contributed by atoms with Gasteiger partial charge in [0.1, 0.15) is 33.5 Å². The standard InChI is InChI=1S/2C45H26N4OS.C39H24N4O/c1-3-11-27(12-4-1)43-46-44(28-13-5-2-6-14-28)48-45(47-43)29-19-21-31-35-26-30(20-24-38(35)50-39(31)25-29)49-36-17-9-7-16-34(36)41-37(49)23-22-33-32-15-8-10-18-40(32)51-42(33)41;1-3-11-27(12-4-1)43-46-44(28-13-5-2-6-14-28)48-45(47-43)29-19-21-31-34-26-30(20-23-37(34)50-38(31)25-29)49-35-17-9-7-15-32(35)41-36(49)22-24-40-42(41)33-16-8-10-18-39(33)51-40;1-3-11-25(12-4-1)37-40-38(26-13-5-2-6-14-26)42-39(41-37)27-19-21-31-32-24-28(20-22-35(32)44-36(31)23-27)43-33-17-9-7-15-29(33)30-16-8-10-18-34(30)43/h2*1-26H;1-24H/i2*1D,3D,4D,11D,12D;1D,2D,3D,4D,5D,6D,11D,12D,13D,14D. The lowest BCUT2D eigenvalue weighted by Crippen LogP contribution is -2.00. The number of hydrogen-bond donors (Lipinski definition) is 0. The van der Waals surface area contributed by atoms with Crippen molar-refractivity contribution >= 4 is 194 Å². The Hall–Kier alpha value is -19.3. The topological polar surface area (TPSA) is 170 Å². The van der Waals surface area contributed by atoms with Gasteiger partial charge in [-0.1, -0.05) is 315 Å². The summed E-state index contributed by atoms with van der Waals surface area (Å²) in [5.74, 6) is 0.443. The third-order valence-electron chi connectivity index (χ3n) is 26.7. The molecule has 15 nitrogen and oxygen atoms in total. The molecule has 0 aliphatic carbocycles. The van der Waals surface area contributed by atoms with Gasteiger partial charge in [0.15, 0.2) is 52.4 Å². The van der Waals surface area contributed by atoms with Crippen LogP contribution in [0.2, 0.25) is 0 Å². The van der Waals surface area contributed by atoms with E-state index in [0.29, 0.717) is 61.8 Å². The third-order valence-corrected chi connectivity index (χ3v) is 29.1. The molecule has 682 valence electrons. The summed E-state index contributed by atoms with van der Waals surface area (Å²) in [6.07, 6.45) is 0. The van der Waals surface area contributed by atoms with Crippen molar-refractivity contribution in [3.8, 4) is 120 Å². The molecule has 146 heavy (non-hydrogen) atoms. The van der Waals surface area contributed by atoms with Gasteiger partial charge in [0.05, 0.1) is 60.5 Å². The molecular formula is C129H76N12O3S2. The molecule has 0 saturated carbocycles. The van der Waals surface area contributed by atoms with Crippen molar-refractivity contribution < 1.29 is 40.7 Å². The van der Waals surface area contributed by atoms with Gasteiger partial charge in [-0.25, -0.2) is 44.9 Å². The highest BCUT2D eigenvalue weighted by atomic mass is 32.1. The van der Waals surface area contributed by atoms with E-state index in [0.717, 1.165) is 104 Å². The first-order valence-electron chi connectivity index (χ1n) is 56.9. The van der Waals surface area contributed by atoms with Crippen LogP contribution in [-0.2, 0) is 0 Å². The summed E-state index contributed by atoms with van der Waals surface area (Å²) in [4.78, 5) is 41.7. The third kappa shape index (κ3) is 14.2. The number of furan rings is 3. The number of nitrogens with zero attached hydrogens (tertiary/aromatic N) is 12. The van der Waals surface area contributed by atoms with Gasteiger partial charge in [-0.3, -0.25) is 0 Å². The van der Waals surface area contributed by atoms with Crippen LogP contribution < -0.4 is 0 Å². The van der Waals surface area contributed by atoms with Gasteiger partial charge in [-0.2, -0.15) is 0 Å². The summed E-state index contributed by atoms with van der Waals surface area (Å²) in [5, 5.41) is 17.7. The molecule has 0 aliphatic rings. The fourth-order valence-corrected chi connectivity index (χ4v) is 22.6. The summed E-state index contributed by atoms with van der Waals surface area (Å²) in [7, 11) is 0. The largest absolute Gasteiger partial charge is 0.456 e. The smallest absolute Gasteiger partial charge is 0.164 e. The van der Waals surface area contributed by atoms with E-state index in [2.05, 4.69) is 215 Å². The Morgan fingerprint density at radius 2 is 0.479 bits per heavy atom. The van der Waals surface area contributed by atoms with E-state index in [1.54, 1.807) is 12.1 Å². The zero-order valence-corrected chi connectivity index (χ0v) is 77.9. The van der Waals surface area contributed by atoms with Crippen LogP contribution in [0, 0.1) is 0 Å². The zero-order valence-electron chi connectivity index (χ0n) is 96.2. The van der Waals surface area contributed by atoms with Crippen molar-refractivity contribution in [1.29, 1.82) is 0 Å². The number of aromatic nitrogens is 12. The van der Waals surface area contributed by atoms with Gasteiger partial charge >= 0.3 is 0 Å². The summed E-state index contributed by atoms with van der Waals surface area (Å²) >= 11 is 3.66. The number of rotatable bonds is 12. The molecule has 0 unspecified atom stereocenters. The minimum Gasteiger partial charge on any atom is -0.456 e. The molecule has 11 aromatic heterocycles. The van der Waals surface area contributed by atoms with Gasteiger partial charge in [-0.05, 0) is 146 Å². The predicted octanol–water partition coefficient (Wildman–Crippen LogP) is 34.3. The van der Waals surface area contributed by atoms with Crippen LogP contribution in [0.4, 0.5) is 0 Å². The summed E-state index contributed by atoms with van der Waals surface area (Å²) in [5.41, 5.74) is 15.6. The Labute approximate surface area is 868 Å². The molecule has 11 heterocycles. The fourth-order valence-electron chi connectivity index (χ4n) is 20.2. The lowest BCUT2D eigenvalue weighted by molar-refractivity contribution is 0.668. The van der Waals surface area contributed by atoms with Crippen molar-refractivity contribution in [3.05, 3.63) is 461 Å². The molecule has 0 saturated heterocycles. The second-order valence-electron chi connectivity index (χ2n) is 35.1. The monoisotopic (exact) mass is 1920 g/mol. The maximum Gasteiger partial charge on any atom is 0.164 e. The van der Waals surface area contributed by atoms with Crippen LogP contribution in [0.3, 0.4) is 0 Å². The fraction of sp³-hybridized carbons (Fsp3) is 0. The molecule has 0 N–H and O–H groups in total. The van der Waals surface area contributed by atoms with Crippen molar-refractivity contribution in [2.45, 2.75) is 0 Å². The average Bonchev–Trinajstić information content (AvgIpc) is 1.56. The van der Waals surface area contributed by atoms with Gasteiger partial charge in [0.25, 0.3) is 0 Å². The molecule has 20 aromatic carbocycles. The first-order chi connectivity index (χ1) is 80.6. The maximum atomic E-state index is 8.62. The molecular weight excluding hydrogens is 1830 g/mol. The second kappa shape index (κ2) is 34.3. The number of benzene rings is 20. The Balaban J connectivity index is 0.000000113. The molecule has 0 atom stereocenters. The minimum absolute atomic E-state index is 0.0145. The van der Waals surface area contributed by atoms with E-state index in [1.165, 1.54) is 61.9 Å². The second-order valence-corrected chi connectivity index (χ2v) is 37.2. The van der Waals surface area contributed by atoms with Crippen LogP contribution in [0.1, 0.15) is 27.4 Å². The first-order valence-corrected chi connectivity index (χ1v) is 48.5. The molecule has 31 aromatic rings. The highest BCUT2D eigenvalue weighted by Crippen LogP contribution is 2.49. The Morgan fingerprint density at radius 3 is 0.884 bits per heavy atom. The van der Waals surface area contributed by atoms with E-state index >= 15 is 0 Å². The zero-order chi connectivity index (χ0) is 113. The molecule has 0 spiro atoms. The minimum atomic E-state index is -0.610. The molecule has 0 amide bonds. The Kier molecular flexibility index (Phi) is 15.4. The van der Waals surface area contributed by atoms with Crippen LogP contribution in [0.25, 0.3) is 291 Å². The lowest BCUT2D eigenvalue weighted by atomic mass is 10.1. The summed E-state index contributed by atoms with van der Waals surface area (Å²) in [6.45, 7) is 0. The molecule has 0 radical (unpaired) electrons. The summed E-state index contributed by atoms with van der Waals surface area (Å²) < 4.78 is 198. The van der Waals surface area contributed by atoms with Crippen molar-refractivity contribution in [1.82, 2.24) is 58.6 Å². The predicted molar refractivity (Wildman–Crippen MR) is 599 cm³/mol. The highest BCUT2D eigenvalue weighted by molar-refractivity contribution is 7.27. The quantitative estimate of drug-likeness (QED) is 0.114. The van der Waals surface area contributed by atoms with E-state index in [1.807, 2.05) is 174 Å². The summed E-state index contributed by atoms with van der Waals surface area (Å²) in [6, 6.07) is 103. The number of para-hydroxylation sites is 4. The number of thiophene rings is 2. The number of hydrogen-bond acceptors (Lipinski definition) is 14. The lowest BCUT2D eigenvalue weighted by Gasteiger charge is -2.08. The van der Waals surface area contributed by atoms with Crippen LogP contribution in [0.5, 0.6) is 0 Å². The molecule has 0 fully saturated rings. The van der Waals surface area contributed by atoms with Crippen LogP contribution in [-0.4, -0.2) is 58.6 Å². The maximum absolute atomic E-state index is 8.62. The van der Waals surface area contributed by atoms with Crippen LogP contribution >= 0.6 is 22.7 Å². The molecule has 17 heteroatoms. The first kappa shape index (κ1) is 65.6. The number of fused-ring (bicyclic) bond motifs is 26. The van der Waals surface area contributed by atoms with Crippen molar-refractivity contribution in [2.75, 3.05) is 0 Å². The molecule has 31 rings (SSSR count). The van der Waals surface area contributed by atoms with Gasteiger partial charge in [0.2, 0.25) is 0 Å². The van der Waals surface area contributed by atoms with E-state index in [4.69, 9.17) is 60.6 Å². The van der Waals surface area contributed by atoms with Crippen molar-refractivity contribution in [3.63, 3.8) is 0 Å². The average molecular weight is 1930 g/mol. The Bertz CT molecular complexity index is 11800. The Morgan fingerprint density at radius 1 is 0.178 bits per heavy atom. The molecule has 0 aliphatic heterocycles. The van der Waals surface area contributed by atoms with E-state index < -0.39 is 96.7 Å². The van der Waals surface area contributed by atoms with Crippen molar-refractivity contribution in [2.24, 2.45) is 0 Å². The van der Waals surface area contributed by atoms with E-state index in [-0.39, 0.29) is 87.2 Å². The van der Waals surface area contributed by atoms with Crippen LogP contribution in [0.15, 0.2) is 474 Å². The molecule has 0 bridgehead atoms. The van der Waals surface area contributed by atoms with Gasteiger partial charge < -0.3 is 27.0 Å². The SMILES string of the molecule is [2H]c1c([2H])c([2H])c(-c2nc(-c3ccc4c(c3)oc3ccc(-n5c6ccccc6c6ccccc65)cc34)nc(-c3c([2H])c([2H])c([2H])c([2H])c3[2H])n2)c([2H])c1[2H].[2H]c1c([2H])c([2H])c(-c2nc(-c3ccccc3)nc(-c3ccc4c(c3)oc3ccc(-n5c6ccccc6c6c7c(ccc65)sc5ccccc57)cc34)n2)c([2H])c1[2H].[2H]c1c([2H])c([2H])c(-c2nc(-c3ccccc3)nc(-c3ccc4c(c3)oc3ccc(-n5c6ccccc6c6c7sc8ccccc8c7ccc65)cc34)n2)c([2H])c1[2H]. The van der Waals surface area contributed by atoms with Gasteiger partial charge in [0, 0.05) is 172 Å². The van der Waals surface area contributed by atoms with Gasteiger partial charge in [-0.15, -0.1) is 22.7 Å². The van der Waals surface area contributed by atoms with E-state index in [9.17, 15) is 0 Å².